The van der Waals surface area contributed by atoms with Crippen molar-refractivity contribution in [3.05, 3.63) is 69.5 Å². The first kappa shape index (κ1) is 22.2. The summed E-state index contributed by atoms with van der Waals surface area (Å²) in [5.41, 5.74) is 1.49. The highest BCUT2D eigenvalue weighted by Gasteiger charge is 2.16. The van der Waals surface area contributed by atoms with E-state index in [1.54, 1.807) is 24.3 Å². The summed E-state index contributed by atoms with van der Waals surface area (Å²) in [5, 5.41) is 7.63. The van der Waals surface area contributed by atoms with Crippen molar-refractivity contribution in [2.45, 2.75) is 13.1 Å². The zero-order chi connectivity index (χ0) is 22.4. The number of aromatic nitrogens is 2. The Labute approximate surface area is 184 Å². The molecule has 3 rings (SSSR count). The minimum atomic E-state index is -0.399. The van der Waals surface area contributed by atoms with Gasteiger partial charge in [0.05, 0.1) is 27.0 Å². The van der Waals surface area contributed by atoms with Crippen LogP contribution in [0.25, 0.3) is 11.3 Å². The van der Waals surface area contributed by atoms with Crippen LogP contribution in [-0.2, 0) is 17.9 Å². The molecule has 0 aliphatic heterocycles. The van der Waals surface area contributed by atoms with Crippen molar-refractivity contribution < 1.29 is 19.0 Å². The van der Waals surface area contributed by atoms with Crippen molar-refractivity contribution in [1.82, 2.24) is 15.1 Å². The van der Waals surface area contributed by atoms with Crippen molar-refractivity contribution in [3.8, 4) is 28.5 Å². The van der Waals surface area contributed by atoms with E-state index < -0.39 is 5.56 Å². The molecule has 9 heteroatoms. The Balaban J connectivity index is 1.83. The van der Waals surface area contributed by atoms with Crippen molar-refractivity contribution in [2.24, 2.45) is 0 Å². The molecular weight excluding hydrogens is 422 g/mol. The predicted octanol–water partition coefficient (Wildman–Crippen LogP) is 2.91. The molecule has 1 N–H and O–H groups in total. The Morgan fingerprint density at radius 3 is 2.32 bits per heavy atom. The summed E-state index contributed by atoms with van der Waals surface area (Å²) in [6, 6.07) is 13.6. The molecule has 31 heavy (non-hydrogen) atoms. The van der Waals surface area contributed by atoms with E-state index in [2.05, 4.69) is 10.4 Å². The van der Waals surface area contributed by atoms with Crippen molar-refractivity contribution in [3.63, 3.8) is 0 Å². The quantitative estimate of drug-likeness (QED) is 0.575. The van der Waals surface area contributed by atoms with E-state index in [-0.39, 0.29) is 19.0 Å². The van der Waals surface area contributed by atoms with E-state index in [0.29, 0.717) is 33.5 Å². The lowest BCUT2D eigenvalue weighted by atomic mass is 10.1. The molecule has 8 nitrogen and oxygen atoms in total. The molecule has 0 unspecified atom stereocenters. The summed E-state index contributed by atoms with van der Waals surface area (Å²) in [4.78, 5) is 24.6. The Morgan fingerprint density at radius 2 is 1.71 bits per heavy atom. The lowest BCUT2D eigenvalue weighted by molar-refractivity contribution is -0.122. The number of hydrogen-bond acceptors (Lipinski definition) is 6. The smallest absolute Gasteiger partial charge is 0.267 e. The molecule has 0 saturated heterocycles. The topological polar surface area (TPSA) is 91.7 Å². The third kappa shape index (κ3) is 5.16. The number of ether oxygens (including phenoxy) is 3. The average molecular weight is 444 g/mol. The number of carbonyl (C=O) groups is 1. The number of rotatable bonds is 8. The van der Waals surface area contributed by atoms with Gasteiger partial charge in [0, 0.05) is 23.2 Å². The summed E-state index contributed by atoms with van der Waals surface area (Å²) < 4.78 is 17.2. The van der Waals surface area contributed by atoms with Gasteiger partial charge < -0.3 is 19.5 Å². The number of nitrogens with zero attached hydrogens (tertiary/aromatic N) is 2. The second-order valence-electron chi connectivity index (χ2n) is 6.50. The number of nitrogens with one attached hydrogen (secondary N) is 1. The fourth-order valence-electron chi connectivity index (χ4n) is 2.97. The highest BCUT2D eigenvalue weighted by Crippen LogP contribution is 2.40. The second-order valence-corrected chi connectivity index (χ2v) is 6.90. The summed E-state index contributed by atoms with van der Waals surface area (Å²) in [7, 11) is 4.54. The SMILES string of the molecule is COc1cc(-c2ccc(=O)n(CC(=O)NCc3ccccc3Cl)n2)cc(OC)c1OC. The third-order valence-corrected chi connectivity index (χ3v) is 4.92. The lowest BCUT2D eigenvalue weighted by Crippen LogP contribution is -2.33. The van der Waals surface area contributed by atoms with Crippen LogP contribution in [0.2, 0.25) is 5.02 Å². The molecule has 0 spiro atoms. The van der Waals surface area contributed by atoms with Crippen LogP contribution in [-0.4, -0.2) is 37.0 Å². The summed E-state index contributed by atoms with van der Waals surface area (Å²) in [5.74, 6) is 0.986. The van der Waals surface area contributed by atoms with Crippen LogP contribution in [0.3, 0.4) is 0 Å². The molecule has 1 aromatic heterocycles. The molecular formula is C22H22ClN3O5. The maximum atomic E-state index is 12.4. The maximum Gasteiger partial charge on any atom is 0.267 e. The van der Waals surface area contributed by atoms with E-state index in [9.17, 15) is 9.59 Å². The molecule has 2 aromatic carbocycles. The van der Waals surface area contributed by atoms with Gasteiger partial charge in [0.1, 0.15) is 6.54 Å². The van der Waals surface area contributed by atoms with E-state index in [0.717, 1.165) is 10.2 Å². The Bertz CT molecular complexity index is 1120. The summed E-state index contributed by atoms with van der Waals surface area (Å²) in [6.45, 7) is 0.0153. The number of methoxy groups -OCH3 is 3. The van der Waals surface area contributed by atoms with Gasteiger partial charge in [-0.25, -0.2) is 4.68 Å². The van der Waals surface area contributed by atoms with E-state index in [1.807, 2.05) is 18.2 Å². The monoisotopic (exact) mass is 443 g/mol. The standard InChI is InChI=1S/C22H22ClN3O5/c1-29-18-10-15(11-19(30-2)22(18)31-3)17-8-9-21(28)26(25-17)13-20(27)24-12-14-6-4-5-7-16(14)23/h4-11H,12-13H2,1-3H3,(H,24,27). The molecule has 0 bridgehead atoms. The van der Waals surface area contributed by atoms with E-state index in [1.165, 1.54) is 27.4 Å². The number of halogens is 1. The molecule has 0 aliphatic rings. The van der Waals surface area contributed by atoms with Gasteiger partial charge in [0.15, 0.2) is 11.5 Å². The number of carbonyl (C=O) groups excluding carboxylic acids is 1. The van der Waals surface area contributed by atoms with Crippen LogP contribution in [0.1, 0.15) is 5.56 Å². The molecule has 1 heterocycles. The van der Waals surface area contributed by atoms with Gasteiger partial charge >= 0.3 is 0 Å². The van der Waals surface area contributed by atoms with Gasteiger partial charge in [-0.05, 0) is 29.8 Å². The van der Waals surface area contributed by atoms with Crippen molar-refractivity contribution >= 4 is 17.5 Å². The lowest BCUT2D eigenvalue weighted by Gasteiger charge is -2.14. The van der Waals surface area contributed by atoms with Crippen LogP contribution >= 0.6 is 11.6 Å². The number of benzene rings is 2. The number of hydrogen-bond donors (Lipinski definition) is 1. The zero-order valence-corrected chi connectivity index (χ0v) is 18.1. The van der Waals surface area contributed by atoms with E-state index >= 15 is 0 Å². The van der Waals surface area contributed by atoms with Crippen LogP contribution in [0.15, 0.2) is 53.3 Å². The van der Waals surface area contributed by atoms with Crippen molar-refractivity contribution in [1.29, 1.82) is 0 Å². The van der Waals surface area contributed by atoms with Gasteiger partial charge in [-0.2, -0.15) is 5.10 Å². The van der Waals surface area contributed by atoms with Gasteiger partial charge in [-0.1, -0.05) is 29.8 Å². The molecule has 3 aromatic rings. The average Bonchev–Trinajstić information content (AvgIpc) is 2.78. The van der Waals surface area contributed by atoms with Crippen LogP contribution in [0.4, 0.5) is 0 Å². The zero-order valence-electron chi connectivity index (χ0n) is 17.3. The Morgan fingerprint density at radius 1 is 1.03 bits per heavy atom. The van der Waals surface area contributed by atoms with Gasteiger partial charge in [0.25, 0.3) is 5.56 Å². The summed E-state index contributed by atoms with van der Waals surface area (Å²) in [6.07, 6.45) is 0. The molecule has 0 aliphatic carbocycles. The highest BCUT2D eigenvalue weighted by atomic mass is 35.5. The molecule has 0 saturated carbocycles. The van der Waals surface area contributed by atoms with Gasteiger partial charge in [0.2, 0.25) is 11.7 Å². The second kappa shape index (κ2) is 9.99. The van der Waals surface area contributed by atoms with Crippen LogP contribution in [0.5, 0.6) is 17.2 Å². The molecule has 0 atom stereocenters. The maximum absolute atomic E-state index is 12.4. The molecule has 0 radical (unpaired) electrons. The summed E-state index contributed by atoms with van der Waals surface area (Å²) >= 11 is 6.10. The normalized spacial score (nSPS) is 10.5. The van der Waals surface area contributed by atoms with Crippen LogP contribution in [0, 0.1) is 0 Å². The van der Waals surface area contributed by atoms with Crippen LogP contribution < -0.4 is 25.1 Å². The van der Waals surface area contributed by atoms with E-state index in [4.69, 9.17) is 25.8 Å². The molecule has 1 amide bonds. The first-order chi connectivity index (χ1) is 15.0. The third-order valence-electron chi connectivity index (χ3n) is 4.55. The van der Waals surface area contributed by atoms with Gasteiger partial charge in [-0.3, -0.25) is 9.59 Å². The van der Waals surface area contributed by atoms with Crippen molar-refractivity contribution in [2.75, 3.05) is 21.3 Å². The fraction of sp³-hybridized carbons (Fsp3) is 0.227. The Hall–Kier alpha value is -3.52. The highest BCUT2D eigenvalue weighted by molar-refractivity contribution is 6.31. The molecule has 162 valence electrons. The number of amides is 1. The largest absolute Gasteiger partial charge is 0.493 e. The fourth-order valence-corrected chi connectivity index (χ4v) is 3.18. The minimum Gasteiger partial charge on any atom is -0.493 e. The minimum absolute atomic E-state index is 0.235. The first-order valence-corrected chi connectivity index (χ1v) is 9.73. The first-order valence-electron chi connectivity index (χ1n) is 9.35. The van der Waals surface area contributed by atoms with Gasteiger partial charge in [-0.15, -0.1) is 0 Å². The molecule has 0 fully saturated rings. The predicted molar refractivity (Wildman–Crippen MR) is 117 cm³/mol. The Kier molecular flexibility index (Phi) is 7.15.